The molecule has 2 atom stereocenters. The van der Waals surface area contributed by atoms with Gasteiger partial charge in [0.15, 0.2) is 0 Å². The first kappa shape index (κ1) is 27.3. The van der Waals surface area contributed by atoms with Crippen molar-refractivity contribution in [3.63, 3.8) is 0 Å². The van der Waals surface area contributed by atoms with Gasteiger partial charge >= 0.3 is 6.18 Å². The summed E-state index contributed by atoms with van der Waals surface area (Å²) >= 11 is 0. The number of furan rings is 1. The Kier molecular flexibility index (Phi) is 6.97. The van der Waals surface area contributed by atoms with Crippen LogP contribution in [0, 0.1) is 11.3 Å². The Morgan fingerprint density at radius 3 is 2.60 bits per heavy atom. The molecule has 40 heavy (non-hydrogen) atoms. The Labute approximate surface area is 230 Å². The fourth-order valence-corrected chi connectivity index (χ4v) is 6.08. The van der Waals surface area contributed by atoms with Crippen molar-refractivity contribution >= 4 is 11.8 Å². The molecule has 2 aliphatic carbocycles. The number of hydrogen-bond acceptors (Lipinski definition) is 6. The molecule has 0 bridgehead atoms. The van der Waals surface area contributed by atoms with E-state index in [-0.39, 0.29) is 59.7 Å². The van der Waals surface area contributed by atoms with Crippen molar-refractivity contribution in [1.82, 2.24) is 20.0 Å². The number of alkyl halides is 3. The summed E-state index contributed by atoms with van der Waals surface area (Å²) in [6, 6.07) is 0. The van der Waals surface area contributed by atoms with Crippen LogP contribution in [0.25, 0.3) is 11.3 Å². The lowest BCUT2D eigenvalue weighted by Gasteiger charge is -2.33. The topological polar surface area (TPSA) is 98.8 Å². The van der Waals surface area contributed by atoms with Crippen LogP contribution in [0.2, 0.25) is 0 Å². The number of fused-ring (bicyclic) bond motifs is 3. The molecule has 0 aromatic carbocycles. The van der Waals surface area contributed by atoms with E-state index in [0.29, 0.717) is 38.4 Å². The van der Waals surface area contributed by atoms with Gasteiger partial charge < -0.3 is 24.1 Å². The molecule has 4 aliphatic rings. The van der Waals surface area contributed by atoms with Crippen molar-refractivity contribution in [2.24, 2.45) is 11.3 Å². The molecule has 1 N–H and O–H groups in total. The van der Waals surface area contributed by atoms with Gasteiger partial charge in [0.25, 0.3) is 5.91 Å². The Morgan fingerprint density at radius 1 is 1.20 bits per heavy atom. The van der Waals surface area contributed by atoms with Crippen molar-refractivity contribution in [3.05, 3.63) is 28.8 Å². The molecule has 4 heterocycles. The molecular weight excluding hydrogens is 529 g/mol. The lowest BCUT2D eigenvalue weighted by Crippen LogP contribution is -2.42. The molecule has 0 spiro atoms. The van der Waals surface area contributed by atoms with Crippen LogP contribution in [-0.4, -0.2) is 72.1 Å². The molecule has 218 valence electrons. The van der Waals surface area contributed by atoms with Gasteiger partial charge in [0.1, 0.15) is 11.3 Å². The van der Waals surface area contributed by atoms with Crippen molar-refractivity contribution in [2.45, 2.75) is 70.7 Å². The lowest BCUT2D eigenvalue weighted by atomic mass is 9.86. The number of halogens is 3. The van der Waals surface area contributed by atoms with E-state index in [1.165, 1.54) is 0 Å². The van der Waals surface area contributed by atoms with E-state index >= 15 is 0 Å². The summed E-state index contributed by atoms with van der Waals surface area (Å²) in [5.74, 6) is -1.17. The zero-order valence-corrected chi connectivity index (χ0v) is 22.8. The van der Waals surface area contributed by atoms with Gasteiger partial charge in [-0.15, -0.1) is 0 Å². The second-order valence-electron chi connectivity index (χ2n) is 11.9. The van der Waals surface area contributed by atoms with Crippen LogP contribution in [0.5, 0.6) is 0 Å². The van der Waals surface area contributed by atoms with Crippen LogP contribution in [0.4, 0.5) is 13.2 Å². The number of nitrogens with one attached hydrogen (secondary N) is 1. The van der Waals surface area contributed by atoms with Crippen molar-refractivity contribution < 1.29 is 36.7 Å². The summed E-state index contributed by atoms with van der Waals surface area (Å²) in [5, 5.41) is 7.13. The second-order valence-corrected chi connectivity index (χ2v) is 11.9. The minimum Gasteiger partial charge on any atom is -0.455 e. The number of amides is 2. The summed E-state index contributed by atoms with van der Waals surface area (Å²) in [7, 11) is 0. The highest BCUT2D eigenvalue weighted by Gasteiger charge is 2.48. The summed E-state index contributed by atoms with van der Waals surface area (Å²) in [4.78, 5) is 27.6. The number of likely N-dealkylation sites (tertiary alicyclic amines) is 1. The highest BCUT2D eigenvalue weighted by atomic mass is 19.4. The van der Waals surface area contributed by atoms with Crippen molar-refractivity contribution in [1.29, 1.82) is 0 Å². The molecule has 12 heteroatoms. The Bertz CT molecular complexity index is 1280. The predicted octanol–water partition coefficient (Wildman–Crippen LogP) is 4.01. The maximum absolute atomic E-state index is 14.4. The third-order valence-electron chi connectivity index (χ3n) is 8.76. The maximum Gasteiger partial charge on any atom is 0.420 e. The highest BCUT2D eigenvalue weighted by Crippen LogP contribution is 2.49. The van der Waals surface area contributed by atoms with Gasteiger partial charge in [0.2, 0.25) is 11.7 Å². The molecule has 3 fully saturated rings. The number of carbonyl (C=O) groups excluding carboxylic acids is 2. The van der Waals surface area contributed by atoms with Crippen LogP contribution < -0.4 is 5.32 Å². The summed E-state index contributed by atoms with van der Waals surface area (Å²) in [6.07, 6.45) is 0.383. The third-order valence-corrected chi connectivity index (χ3v) is 8.76. The molecular formula is C28H35F3N4O5. The summed E-state index contributed by atoms with van der Waals surface area (Å²) in [5.41, 5.74) is -0.467. The molecule has 0 radical (unpaired) electrons. The number of carbonyl (C=O) groups is 2. The molecule has 2 amide bonds. The van der Waals surface area contributed by atoms with Gasteiger partial charge in [-0.1, -0.05) is 13.8 Å². The molecule has 1 saturated carbocycles. The van der Waals surface area contributed by atoms with Crippen LogP contribution in [0.1, 0.15) is 72.9 Å². The Hall–Kier alpha value is -2.86. The Morgan fingerprint density at radius 2 is 1.95 bits per heavy atom. The molecule has 2 aliphatic heterocycles. The van der Waals surface area contributed by atoms with E-state index in [1.54, 1.807) is 4.68 Å². The average molecular weight is 565 g/mol. The van der Waals surface area contributed by atoms with E-state index < -0.39 is 29.5 Å². The Balaban J connectivity index is 1.21. The minimum atomic E-state index is -4.81. The summed E-state index contributed by atoms with van der Waals surface area (Å²) < 4.78 is 61.4. The van der Waals surface area contributed by atoms with E-state index in [9.17, 15) is 22.8 Å². The van der Waals surface area contributed by atoms with Crippen LogP contribution >= 0.6 is 0 Å². The first-order valence-electron chi connectivity index (χ1n) is 14.1. The lowest BCUT2D eigenvalue weighted by molar-refractivity contribution is -0.138. The van der Waals surface area contributed by atoms with Gasteiger partial charge in [-0.3, -0.25) is 14.3 Å². The standard InChI is InChI=1S/C28H35F3N4O5/c1-16-11-20-21(22(28(29,30)31)24(40-20)25(36)32-12-18-15-38-9-10-39-18)23-19(16)14-35(33-23)13-17-3-7-34(8-4-17)26(37)27(2)5-6-27/h14,16-18H,3-13,15H2,1-2H3,(H,32,36)/t16-,18+/m0/s1. The van der Waals surface area contributed by atoms with Gasteiger partial charge in [-0.2, -0.15) is 18.3 Å². The largest absolute Gasteiger partial charge is 0.455 e. The SMILES string of the molecule is C[C@H]1Cc2oc(C(=O)NC[C@@H]3COCCO3)c(C(F)(F)F)c2-c2nn(CC3CCN(C(=O)C4(C)CC4)CC3)cc21. The number of hydrogen-bond donors (Lipinski definition) is 1. The van der Waals surface area contributed by atoms with Crippen LogP contribution in [0.3, 0.4) is 0 Å². The van der Waals surface area contributed by atoms with Gasteiger partial charge in [-0.25, -0.2) is 0 Å². The molecule has 2 saturated heterocycles. The monoisotopic (exact) mass is 564 g/mol. The molecule has 0 unspecified atom stereocenters. The fourth-order valence-electron chi connectivity index (χ4n) is 6.08. The average Bonchev–Trinajstić information content (AvgIpc) is 3.35. The van der Waals surface area contributed by atoms with E-state index in [4.69, 9.17) is 13.9 Å². The van der Waals surface area contributed by atoms with E-state index in [0.717, 1.165) is 25.7 Å². The highest BCUT2D eigenvalue weighted by molar-refractivity contribution is 5.96. The number of nitrogens with zero attached hydrogens (tertiary/aromatic N) is 3. The first-order valence-corrected chi connectivity index (χ1v) is 14.1. The molecule has 2 aromatic rings. The van der Waals surface area contributed by atoms with Crippen LogP contribution in [-0.2, 0) is 33.4 Å². The first-order chi connectivity index (χ1) is 19.0. The third kappa shape index (κ3) is 5.15. The number of piperidine rings is 1. The summed E-state index contributed by atoms with van der Waals surface area (Å²) in [6.45, 7) is 6.97. The predicted molar refractivity (Wildman–Crippen MR) is 137 cm³/mol. The van der Waals surface area contributed by atoms with E-state index in [2.05, 4.69) is 10.4 Å². The van der Waals surface area contributed by atoms with Gasteiger partial charge in [-0.05, 0) is 37.5 Å². The van der Waals surface area contributed by atoms with Crippen molar-refractivity contribution in [2.75, 3.05) is 39.5 Å². The van der Waals surface area contributed by atoms with Crippen LogP contribution in [0.15, 0.2) is 10.6 Å². The van der Waals surface area contributed by atoms with E-state index in [1.807, 2.05) is 24.9 Å². The smallest absolute Gasteiger partial charge is 0.420 e. The number of ether oxygens (including phenoxy) is 2. The van der Waals surface area contributed by atoms with Gasteiger partial charge in [0.05, 0.1) is 37.2 Å². The van der Waals surface area contributed by atoms with Crippen molar-refractivity contribution in [3.8, 4) is 11.3 Å². The number of rotatable bonds is 6. The molecule has 6 rings (SSSR count). The van der Waals surface area contributed by atoms with Gasteiger partial charge in [0, 0.05) is 49.8 Å². The second kappa shape index (κ2) is 10.2. The maximum atomic E-state index is 14.4. The fraction of sp³-hybridized carbons (Fsp3) is 0.679. The molecule has 9 nitrogen and oxygen atoms in total. The number of aromatic nitrogens is 2. The quantitative estimate of drug-likeness (QED) is 0.570. The zero-order chi connectivity index (χ0) is 28.2. The normalized spacial score (nSPS) is 24.4. The molecule has 2 aromatic heterocycles. The zero-order valence-electron chi connectivity index (χ0n) is 22.8. The minimum absolute atomic E-state index is 0.0153.